The Kier molecular flexibility index (Phi) is 5.26. The summed E-state index contributed by atoms with van der Waals surface area (Å²) in [6, 6.07) is 8.44. The van der Waals surface area contributed by atoms with Crippen molar-refractivity contribution in [2.24, 2.45) is 5.73 Å². The van der Waals surface area contributed by atoms with Crippen molar-refractivity contribution in [2.75, 3.05) is 7.05 Å². The number of rotatable bonds is 7. The van der Waals surface area contributed by atoms with E-state index in [1.54, 1.807) is 6.33 Å². The molecule has 1 aromatic carbocycles. The van der Waals surface area contributed by atoms with Crippen molar-refractivity contribution in [3.8, 4) is 0 Å². The first kappa shape index (κ1) is 14.7. The van der Waals surface area contributed by atoms with Gasteiger partial charge in [-0.2, -0.15) is 5.10 Å². The third kappa shape index (κ3) is 3.88. The van der Waals surface area contributed by atoms with Gasteiger partial charge in [-0.1, -0.05) is 31.2 Å². The molecule has 0 aliphatic carbocycles. The summed E-state index contributed by atoms with van der Waals surface area (Å²) in [6.07, 6.45) is 2.70. The van der Waals surface area contributed by atoms with Crippen LogP contribution >= 0.6 is 0 Å². The number of aromatic nitrogens is 3. The van der Waals surface area contributed by atoms with Crippen molar-refractivity contribution in [2.45, 2.75) is 39.5 Å². The van der Waals surface area contributed by atoms with Crippen LogP contribution in [0.2, 0.25) is 0 Å². The number of nitrogens with two attached hydrogens (primary N) is 1. The molecule has 0 aliphatic rings. The maximum atomic E-state index is 5.61. The fraction of sp³-hybridized carbons (Fsp3) is 0.467. The molecule has 0 amide bonds. The normalized spacial score (nSPS) is 11.2. The Hall–Kier alpha value is -1.72. The van der Waals surface area contributed by atoms with Crippen molar-refractivity contribution < 1.29 is 0 Å². The highest BCUT2D eigenvalue weighted by molar-refractivity contribution is 5.22. The molecule has 0 saturated heterocycles. The number of benzene rings is 1. The SMILES string of the molecule is CCCn1ncnc1CN(C)Cc1ccc(CN)cc1. The van der Waals surface area contributed by atoms with Crippen LogP contribution in [0.4, 0.5) is 0 Å². The number of hydrogen-bond donors (Lipinski definition) is 1. The average molecular weight is 273 g/mol. The van der Waals surface area contributed by atoms with Crippen LogP contribution in [0, 0.1) is 0 Å². The molecule has 0 bridgehead atoms. The number of hydrogen-bond acceptors (Lipinski definition) is 4. The lowest BCUT2D eigenvalue weighted by Gasteiger charge is -2.16. The second kappa shape index (κ2) is 7.17. The minimum atomic E-state index is 0.593. The van der Waals surface area contributed by atoms with Crippen molar-refractivity contribution in [1.82, 2.24) is 19.7 Å². The van der Waals surface area contributed by atoms with Gasteiger partial charge < -0.3 is 5.73 Å². The third-order valence-corrected chi connectivity index (χ3v) is 3.25. The van der Waals surface area contributed by atoms with E-state index in [2.05, 4.69) is 53.2 Å². The molecule has 2 aromatic rings. The van der Waals surface area contributed by atoms with Crippen LogP contribution in [0.5, 0.6) is 0 Å². The van der Waals surface area contributed by atoms with Crippen molar-refractivity contribution in [3.05, 3.63) is 47.5 Å². The van der Waals surface area contributed by atoms with E-state index >= 15 is 0 Å². The molecule has 2 N–H and O–H groups in total. The van der Waals surface area contributed by atoms with E-state index in [1.807, 2.05) is 4.68 Å². The Bertz CT molecular complexity index is 517. The molecule has 0 saturated carbocycles. The van der Waals surface area contributed by atoms with Crippen molar-refractivity contribution >= 4 is 0 Å². The van der Waals surface area contributed by atoms with Gasteiger partial charge in [-0.25, -0.2) is 9.67 Å². The largest absolute Gasteiger partial charge is 0.326 e. The minimum absolute atomic E-state index is 0.593. The molecule has 2 rings (SSSR count). The van der Waals surface area contributed by atoms with Gasteiger partial charge in [-0.3, -0.25) is 4.90 Å². The molecule has 0 unspecified atom stereocenters. The Balaban J connectivity index is 1.94. The monoisotopic (exact) mass is 273 g/mol. The zero-order chi connectivity index (χ0) is 14.4. The van der Waals surface area contributed by atoms with E-state index in [9.17, 15) is 0 Å². The molecule has 20 heavy (non-hydrogen) atoms. The maximum Gasteiger partial charge on any atom is 0.141 e. The first-order valence-corrected chi connectivity index (χ1v) is 7.06. The lowest BCUT2D eigenvalue weighted by Crippen LogP contribution is -2.20. The predicted molar refractivity (Wildman–Crippen MR) is 79.8 cm³/mol. The molecule has 0 aliphatic heterocycles. The van der Waals surface area contributed by atoms with Crippen LogP contribution in [0.3, 0.4) is 0 Å². The smallest absolute Gasteiger partial charge is 0.141 e. The zero-order valence-electron chi connectivity index (χ0n) is 12.3. The summed E-state index contributed by atoms with van der Waals surface area (Å²) in [5.41, 5.74) is 8.06. The molecule has 108 valence electrons. The summed E-state index contributed by atoms with van der Waals surface area (Å²) in [7, 11) is 2.10. The summed E-state index contributed by atoms with van der Waals surface area (Å²) in [5, 5.41) is 4.25. The summed E-state index contributed by atoms with van der Waals surface area (Å²) in [4.78, 5) is 6.58. The topological polar surface area (TPSA) is 60.0 Å². The third-order valence-electron chi connectivity index (χ3n) is 3.25. The van der Waals surface area contributed by atoms with Crippen LogP contribution in [-0.2, 0) is 26.2 Å². The molecule has 0 fully saturated rings. The summed E-state index contributed by atoms with van der Waals surface area (Å²) in [6.45, 7) is 5.36. The maximum absolute atomic E-state index is 5.61. The highest BCUT2D eigenvalue weighted by atomic mass is 15.3. The van der Waals surface area contributed by atoms with Gasteiger partial charge in [-0.05, 0) is 24.6 Å². The number of aryl methyl sites for hydroxylation is 1. The van der Waals surface area contributed by atoms with Gasteiger partial charge in [0.1, 0.15) is 12.2 Å². The van der Waals surface area contributed by atoms with Crippen molar-refractivity contribution in [1.29, 1.82) is 0 Å². The average Bonchev–Trinajstić information content (AvgIpc) is 2.87. The molecular weight excluding hydrogens is 250 g/mol. The van der Waals surface area contributed by atoms with Gasteiger partial charge in [-0.15, -0.1) is 0 Å². The molecule has 1 heterocycles. The van der Waals surface area contributed by atoms with E-state index in [0.29, 0.717) is 6.54 Å². The van der Waals surface area contributed by atoms with Crippen LogP contribution in [0.15, 0.2) is 30.6 Å². The van der Waals surface area contributed by atoms with Crippen LogP contribution in [-0.4, -0.2) is 26.7 Å². The quantitative estimate of drug-likeness (QED) is 0.835. The lowest BCUT2D eigenvalue weighted by atomic mass is 10.1. The van der Waals surface area contributed by atoms with E-state index in [-0.39, 0.29) is 0 Å². The molecule has 5 nitrogen and oxygen atoms in total. The predicted octanol–water partition coefficient (Wildman–Crippen LogP) is 1.78. The Labute approximate surface area is 120 Å². The van der Waals surface area contributed by atoms with E-state index in [0.717, 1.165) is 31.9 Å². The minimum Gasteiger partial charge on any atom is -0.326 e. The summed E-state index contributed by atoms with van der Waals surface area (Å²) < 4.78 is 1.98. The first-order valence-electron chi connectivity index (χ1n) is 7.06. The standard InChI is InChI=1S/C15H23N5/c1-3-8-20-15(17-12-18-20)11-19(2)10-14-6-4-13(9-16)5-7-14/h4-7,12H,3,8-11,16H2,1-2H3. The summed E-state index contributed by atoms with van der Waals surface area (Å²) in [5.74, 6) is 1.02. The second-order valence-corrected chi connectivity index (χ2v) is 5.09. The zero-order valence-corrected chi connectivity index (χ0v) is 12.3. The van der Waals surface area contributed by atoms with Gasteiger partial charge in [0.25, 0.3) is 0 Å². The summed E-state index contributed by atoms with van der Waals surface area (Å²) >= 11 is 0. The van der Waals surface area contributed by atoms with Crippen LogP contribution in [0.25, 0.3) is 0 Å². The molecule has 5 heteroatoms. The lowest BCUT2D eigenvalue weighted by molar-refractivity contribution is 0.302. The molecule has 0 radical (unpaired) electrons. The fourth-order valence-electron chi connectivity index (χ4n) is 2.20. The highest BCUT2D eigenvalue weighted by Gasteiger charge is 2.07. The Morgan fingerprint density at radius 2 is 1.85 bits per heavy atom. The van der Waals surface area contributed by atoms with Crippen LogP contribution < -0.4 is 5.73 Å². The highest BCUT2D eigenvalue weighted by Crippen LogP contribution is 2.08. The molecule has 1 aromatic heterocycles. The second-order valence-electron chi connectivity index (χ2n) is 5.09. The number of nitrogens with zero attached hydrogens (tertiary/aromatic N) is 4. The van der Waals surface area contributed by atoms with Gasteiger partial charge in [0.2, 0.25) is 0 Å². The Morgan fingerprint density at radius 3 is 2.50 bits per heavy atom. The van der Waals surface area contributed by atoms with Gasteiger partial charge in [0.15, 0.2) is 0 Å². The molecule has 0 spiro atoms. The van der Waals surface area contributed by atoms with E-state index in [1.165, 1.54) is 11.1 Å². The van der Waals surface area contributed by atoms with Gasteiger partial charge in [0.05, 0.1) is 6.54 Å². The van der Waals surface area contributed by atoms with Gasteiger partial charge in [0, 0.05) is 19.6 Å². The van der Waals surface area contributed by atoms with E-state index in [4.69, 9.17) is 5.73 Å². The van der Waals surface area contributed by atoms with Crippen LogP contribution in [0.1, 0.15) is 30.3 Å². The van der Waals surface area contributed by atoms with E-state index < -0.39 is 0 Å². The first-order chi connectivity index (χ1) is 9.72. The molecular formula is C15H23N5. The Morgan fingerprint density at radius 1 is 1.15 bits per heavy atom. The fourth-order valence-corrected chi connectivity index (χ4v) is 2.20. The van der Waals surface area contributed by atoms with Gasteiger partial charge >= 0.3 is 0 Å². The van der Waals surface area contributed by atoms with Crippen molar-refractivity contribution in [3.63, 3.8) is 0 Å². The molecule has 0 atom stereocenters.